The van der Waals surface area contributed by atoms with Crippen molar-refractivity contribution in [3.63, 3.8) is 0 Å². The number of fused-ring (bicyclic) bond motifs is 2. The van der Waals surface area contributed by atoms with E-state index in [0.717, 1.165) is 28.0 Å². The molecule has 2 heterocycles. The average Bonchev–Trinajstić information content (AvgIpc) is 2.96. The molecule has 1 aliphatic heterocycles. The molecule has 0 fully saturated rings. The molecule has 1 atom stereocenters. The topological polar surface area (TPSA) is 60.0 Å². The Labute approximate surface area is 156 Å². The molecule has 0 aliphatic carbocycles. The van der Waals surface area contributed by atoms with Crippen molar-refractivity contribution < 1.29 is 19.0 Å². The molecule has 2 aromatic carbocycles. The van der Waals surface area contributed by atoms with Crippen molar-refractivity contribution in [3.05, 3.63) is 52.4 Å². The Balaban J connectivity index is 1.71. The maximum Gasteiger partial charge on any atom is 0.270 e. The van der Waals surface area contributed by atoms with Gasteiger partial charge in [-0.25, -0.2) is 0 Å². The number of aromatic nitrogens is 1. The minimum Gasteiger partial charge on any atom is -0.496 e. The number of methoxy groups -OCH3 is 2. The molecule has 0 spiro atoms. The molecule has 4 rings (SSSR count). The lowest BCUT2D eigenvalue weighted by Gasteiger charge is -2.34. The molecular weight excluding hydrogens is 352 g/mol. The fourth-order valence-electron chi connectivity index (χ4n) is 3.60. The minimum absolute atomic E-state index is 0.420. The maximum atomic E-state index is 10.7. The van der Waals surface area contributed by atoms with E-state index in [4.69, 9.17) is 26.1 Å². The largest absolute Gasteiger partial charge is 0.496 e. The molecule has 1 N–H and O–H groups in total. The van der Waals surface area contributed by atoms with E-state index in [-0.39, 0.29) is 0 Å². The van der Waals surface area contributed by atoms with Gasteiger partial charge in [0.05, 0.1) is 32.5 Å². The standard InChI is InChI=1S/C19H20N2O4S/c1-23-15-7-8-17(24-2)18-12(15)9-20(10-14(18)22)11-21-13-5-3-4-6-16(13)25-19(21)26/h3-8,14,22H,9-11H2,1-2H3. The van der Waals surface area contributed by atoms with E-state index < -0.39 is 6.10 Å². The molecule has 6 nitrogen and oxygen atoms in total. The summed E-state index contributed by atoms with van der Waals surface area (Å²) in [4.78, 5) is 2.54. The van der Waals surface area contributed by atoms with Gasteiger partial charge in [-0.2, -0.15) is 0 Å². The second-order valence-corrected chi connectivity index (χ2v) is 6.64. The van der Waals surface area contributed by atoms with Crippen LogP contribution in [0, 0.1) is 4.84 Å². The predicted octanol–water partition coefficient (Wildman–Crippen LogP) is 3.49. The molecule has 1 aromatic heterocycles. The zero-order chi connectivity index (χ0) is 18.3. The number of rotatable bonds is 4. The van der Waals surface area contributed by atoms with Crippen molar-refractivity contribution >= 4 is 23.3 Å². The molecule has 0 saturated carbocycles. The van der Waals surface area contributed by atoms with Gasteiger partial charge in [0.15, 0.2) is 5.58 Å². The summed E-state index contributed by atoms with van der Waals surface area (Å²) in [5.41, 5.74) is 3.43. The number of ether oxygens (including phenoxy) is 2. The minimum atomic E-state index is -0.670. The monoisotopic (exact) mass is 372 g/mol. The van der Waals surface area contributed by atoms with Crippen molar-refractivity contribution in [1.82, 2.24) is 9.47 Å². The van der Waals surface area contributed by atoms with Crippen molar-refractivity contribution in [2.45, 2.75) is 19.3 Å². The number of β-amino-alcohol motifs (C(OH)–C–C–N with tert-alkyl or cyclic N) is 1. The molecular formula is C19H20N2O4S. The van der Waals surface area contributed by atoms with Gasteiger partial charge in [-0.05, 0) is 36.5 Å². The Kier molecular flexibility index (Phi) is 4.44. The SMILES string of the molecule is COc1ccc(OC)c2c1CN(Cn1c(=S)oc3ccccc31)CC2O. The first-order valence-corrected chi connectivity index (χ1v) is 8.75. The quantitative estimate of drug-likeness (QED) is 0.708. The van der Waals surface area contributed by atoms with Crippen molar-refractivity contribution in [2.24, 2.45) is 0 Å². The first-order chi connectivity index (χ1) is 12.6. The van der Waals surface area contributed by atoms with Crippen LogP contribution in [0.3, 0.4) is 0 Å². The molecule has 136 valence electrons. The number of nitrogens with zero attached hydrogens (tertiary/aromatic N) is 2. The molecule has 26 heavy (non-hydrogen) atoms. The van der Waals surface area contributed by atoms with Crippen LogP contribution >= 0.6 is 12.2 Å². The van der Waals surface area contributed by atoms with Gasteiger partial charge in [-0.1, -0.05) is 12.1 Å². The van der Waals surface area contributed by atoms with Crippen LogP contribution in [0.25, 0.3) is 11.1 Å². The van der Waals surface area contributed by atoms with E-state index in [0.29, 0.717) is 30.3 Å². The van der Waals surface area contributed by atoms with E-state index in [1.54, 1.807) is 14.2 Å². The second kappa shape index (κ2) is 6.75. The second-order valence-electron chi connectivity index (χ2n) is 6.29. The van der Waals surface area contributed by atoms with Crippen molar-refractivity contribution in [1.29, 1.82) is 0 Å². The third kappa shape index (κ3) is 2.78. The molecule has 0 radical (unpaired) electrons. The summed E-state index contributed by atoms with van der Waals surface area (Å²) in [5.74, 6) is 1.42. The number of hydrogen-bond acceptors (Lipinski definition) is 6. The highest BCUT2D eigenvalue weighted by Crippen LogP contribution is 2.39. The summed E-state index contributed by atoms with van der Waals surface area (Å²) in [7, 11) is 3.24. The molecule has 0 bridgehead atoms. The summed E-state index contributed by atoms with van der Waals surface area (Å²) in [5, 5.41) is 10.7. The summed E-state index contributed by atoms with van der Waals surface area (Å²) in [6, 6.07) is 11.5. The Morgan fingerprint density at radius 2 is 1.88 bits per heavy atom. The fraction of sp³-hybridized carbons (Fsp3) is 0.316. The number of aliphatic hydroxyl groups excluding tert-OH is 1. The first kappa shape index (κ1) is 17.1. The zero-order valence-electron chi connectivity index (χ0n) is 14.6. The average molecular weight is 372 g/mol. The number of aliphatic hydroxyl groups is 1. The van der Waals surface area contributed by atoms with Gasteiger partial charge >= 0.3 is 0 Å². The normalized spacial score (nSPS) is 17.3. The number of hydrogen-bond donors (Lipinski definition) is 1. The van der Waals surface area contributed by atoms with Gasteiger partial charge in [-0.3, -0.25) is 9.47 Å². The van der Waals surface area contributed by atoms with Crippen molar-refractivity contribution in [3.8, 4) is 11.5 Å². The maximum absolute atomic E-state index is 10.7. The van der Waals surface area contributed by atoms with Gasteiger partial charge in [0.2, 0.25) is 0 Å². The highest BCUT2D eigenvalue weighted by Gasteiger charge is 2.30. The van der Waals surface area contributed by atoms with Crippen LogP contribution in [-0.2, 0) is 13.2 Å². The van der Waals surface area contributed by atoms with Crippen molar-refractivity contribution in [2.75, 3.05) is 20.8 Å². The fourth-order valence-corrected chi connectivity index (χ4v) is 3.85. The molecule has 7 heteroatoms. The smallest absolute Gasteiger partial charge is 0.270 e. The van der Waals surface area contributed by atoms with Crippen LogP contribution in [-0.4, -0.2) is 35.3 Å². The van der Waals surface area contributed by atoms with E-state index in [1.165, 1.54) is 0 Å². The van der Waals surface area contributed by atoms with Gasteiger partial charge in [0.25, 0.3) is 4.84 Å². The van der Waals surface area contributed by atoms with Crippen LogP contribution in [0.4, 0.5) is 0 Å². The van der Waals surface area contributed by atoms with Crippen LogP contribution in [0.5, 0.6) is 11.5 Å². The van der Waals surface area contributed by atoms with Crippen LogP contribution in [0.1, 0.15) is 17.2 Å². The highest BCUT2D eigenvalue weighted by atomic mass is 32.1. The lowest BCUT2D eigenvalue weighted by molar-refractivity contribution is 0.0703. The summed E-state index contributed by atoms with van der Waals surface area (Å²) >= 11 is 5.38. The van der Waals surface area contributed by atoms with Gasteiger partial charge < -0.3 is 19.0 Å². The molecule has 0 amide bonds. The van der Waals surface area contributed by atoms with Crippen LogP contribution < -0.4 is 9.47 Å². The molecule has 1 unspecified atom stereocenters. The first-order valence-electron chi connectivity index (χ1n) is 8.35. The number of benzene rings is 2. The summed E-state index contributed by atoms with van der Waals surface area (Å²) < 4.78 is 18.5. The lowest BCUT2D eigenvalue weighted by Crippen LogP contribution is -2.35. The van der Waals surface area contributed by atoms with E-state index >= 15 is 0 Å². The number of para-hydroxylation sites is 2. The van der Waals surface area contributed by atoms with E-state index in [1.807, 2.05) is 41.0 Å². The summed E-state index contributed by atoms with van der Waals surface area (Å²) in [6.07, 6.45) is -0.670. The summed E-state index contributed by atoms with van der Waals surface area (Å²) in [6.45, 7) is 1.61. The lowest BCUT2D eigenvalue weighted by atomic mass is 9.95. The molecule has 0 saturated heterocycles. The van der Waals surface area contributed by atoms with Gasteiger partial charge in [0.1, 0.15) is 11.5 Å². The van der Waals surface area contributed by atoms with E-state index in [9.17, 15) is 5.11 Å². The Morgan fingerprint density at radius 3 is 2.65 bits per heavy atom. The Bertz CT molecular complexity index is 1010. The highest BCUT2D eigenvalue weighted by molar-refractivity contribution is 7.71. The molecule has 3 aromatic rings. The zero-order valence-corrected chi connectivity index (χ0v) is 15.5. The van der Waals surface area contributed by atoms with E-state index in [2.05, 4.69) is 4.90 Å². The Hall–Kier alpha value is -2.35. The third-order valence-corrected chi connectivity index (χ3v) is 5.08. The van der Waals surface area contributed by atoms with Gasteiger partial charge in [-0.15, -0.1) is 0 Å². The van der Waals surface area contributed by atoms with Crippen LogP contribution in [0.2, 0.25) is 0 Å². The Morgan fingerprint density at radius 1 is 1.15 bits per heavy atom. The number of oxazole rings is 1. The predicted molar refractivity (Wildman–Crippen MR) is 100.0 cm³/mol. The molecule has 1 aliphatic rings. The van der Waals surface area contributed by atoms with Gasteiger partial charge in [0, 0.05) is 24.2 Å². The third-order valence-electron chi connectivity index (χ3n) is 4.78. The van der Waals surface area contributed by atoms with Crippen LogP contribution in [0.15, 0.2) is 40.8 Å².